The van der Waals surface area contributed by atoms with Gasteiger partial charge in [-0.3, -0.25) is 0 Å². The normalized spacial score (nSPS) is 29.7. The molecule has 6 atom stereocenters. The van der Waals surface area contributed by atoms with Gasteiger partial charge in [0.2, 0.25) is 0 Å². The van der Waals surface area contributed by atoms with Gasteiger partial charge in [-0.1, -0.05) is 89.2 Å². The van der Waals surface area contributed by atoms with Crippen LogP contribution in [0, 0.1) is 0 Å². The molecule has 0 aliphatic carbocycles. The fraction of sp³-hybridized carbons (Fsp3) is 0.944. The Balaban J connectivity index is 2.92. The Morgan fingerprint density at radius 1 is 0.630 bits per heavy atom. The number of rotatable bonds is 10. The molecule has 2 aliphatic heterocycles. The minimum Gasteiger partial charge on any atom is -0.414 e. The first kappa shape index (κ1) is 42.5. The van der Waals surface area contributed by atoms with Crippen molar-refractivity contribution in [2.75, 3.05) is 6.61 Å². The molecule has 2 fully saturated rings. The van der Waals surface area contributed by atoms with Crippen LogP contribution in [0.25, 0.3) is 0 Å². The second-order valence-electron chi connectivity index (χ2n) is 20.3. The van der Waals surface area contributed by atoms with E-state index in [0.717, 1.165) is 19.3 Å². The molecule has 0 aromatic rings. The van der Waals surface area contributed by atoms with E-state index >= 15 is 0 Å². The van der Waals surface area contributed by atoms with Crippen molar-refractivity contribution in [3.05, 3.63) is 12.7 Å². The Morgan fingerprint density at radius 3 is 1.46 bits per heavy atom. The summed E-state index contributed by atoms with van der Waals surface area (Å²) in [5, 5.41) is 0.0427. The third-order valence-electron chi connectivity index (χ3n) is 12.5. The molecule has 0 bridgehead atoms. The van der Waals surface area contributed by atoms with Crippen LogP contribution in [-0.4, -0.2) is 76.2 Å². The van der Waals surface area contributed by atoms with E-state index in [1.807, 2.05) is 6.08 Å². The molecule has 0 N–H and O–H groups in total. The first-order valence-electron chi connectivity index (χ1n) is 17.9. The molecule has 6 nitrogen and oxygen atoms in total. The maximum absolute atomic E-state index is 7.61. The third-order valence-corrected chi connectivity index (χ3v) is 30.4. The van der Waals surface area contributed by atoms with Gasteiger partial charge >= 0.3 is 0 Å². The molecule has 0 unspecified atom stereocenters. The van der Waals surface area contributed by atoms with Gasteiger partial charge in [0.15, 0.2) is 39.1 Å². The van der Waals surface area contributed by atoms with E-state index in [0.29, 0.717) is 6.61 Å². The SMILES string of the molecule is C=C[C@H]1CCC[C@@]2(O[C@@H](CO[Si](C)(C)C(C)(C)C)[C@H](O[Si](C)(C)C(C)(C)C)[C@@H](O[Si](C)(C)C(C)(C)C)[C@@H]2O[Si](C)(C)C(C)(C)C)O1. The summed E-state index contributed by atoms with van der Waals surface area (Å²) in [6.07, 6.45) is 2.85. The van der Waals surface area contributed by atoms with E-state index in [1.54, 1.807) is 0 Å². The largest absolute Gasteiger partial charge is 0.414 e. The highest BCUT2D eigenvalue weighted by molar-refractivity contribution is 6.75. The summed E-state index contributed by atoms with van der Waals surface area (Å²) in [6, 6.07) is 0. The highest BCUT2D eigenvalue weighted by Crippen LogP contribution is 2.51. The first-order valence-corrected chi connectivity index (χ1v) is 29.5. The van der Waals surface area contributed by atoms with Gasteiger partial charge < -0.3 is 27.2 Å². The molecule has 2 rings (SSSR count). The van der Waals surface area contributed by atoms with E-state index < -0.39 is 45.2 Å². The van der Waals surface area contributed by atoms with Crippen molar-refractivity contribution in [2.45, 2.75) is 211 Å². The van der Waals surface area contributed by atoms with Crippen LogP contribution in [0.3, 0.4) is 0 Å². The minimum absolute atomic E-state index is 0.000443. The van der Waals surface area contributed by atoms with Crippen molar-refractivity contribution in [1.82, 2.24) is 0 Å². The molecular formula is C36H76O6Si4. The van der Waals surface area contributed by atoms with Crippen molar-refractivity contribution in [3.8, 4) is 0 Å². The lowest BCUT2D eigenvalue weighted by molar-refractivity contribution is -0.374. The van der Waals surface area contributed by atoms with Gasteiger partial charge in [-0.05, 0) is 85.4 Å². The summed E-state index contributed by atoms with van der Waals surface area (Å²) in [7, 11) is -9.09. The molecule has 2 saturated heterocycles. The predicted molar refractivity (Wildman–Crippen MR) is 206 cm³/mol. The van der Waals surface area contributed by atoms with E-state index in [4.69, 9.17) is 27.2 Å². The maximum atomic E-state index is 7.61. The van der Waals surface area contributed by atoms with Crippen molar-refractivity contribution >= 4 is 33.3 Å². The molecule has 2 aliphatic rings. The number of hydrogen-bond donors (Lipinski definition) is 0. The standard InChI is InChI=1S/C36H76O6Si4/c1-22-27-24-23-25-36(38-27)31(42-46(20,21)35(11,12)13)30(41-45(18,19)34(8,9)10)29(40-44(16,17)33(5,6)7)28(39-36)26-37-43(14,15)32(2,3)4/h22,27-31H,1,23-26H2,2-21H3/t27-,28-,29-,30+,31-,36-/m0/s1. The highest BCUT2D eigenvalue weighted by atomic mass is 28.4. The van der Waals surface area contributed by atoms with Gasteiger partial charge in [0.1, 0.15) is 24.4 Å². The van der Waals surface area contributed by atoms with Crippen LogP contribution in [0.2, 0.25) is 72.5 Å². The van der Waals surface area contributed by atoms with Crippen LogP contribution in [-0.2, 0) is 27.2 Å². The zero-order valence-corrected chi connectivity index (χ0v) is 37.9. The van der Waals surface area contributed by atoms with Crippen LogP contribution in [0.5, 0.6) is 0 Å². The maximum Gasteiger partial charge on any atom is 0.197 e. The lowest BCUT2D eigenvalue weighted by atomic mass is 9.87. The lowest BCUT2D eigenvalue weighted by Crippen LogP contribution is -2.73. The molecule has 10 heteroatoms. The highest BCUT2D eigenvalue weighted by Gasteiger charge is 2.63. The second kappa shape index (κ2) is 13.8. The molecule has 1 spiro atoms. The Bertz CT molecular complexity index is 1030. The average Bonchev–Trinajstić information content (AvgIpc) is 2.84. The van der Waals surface area contributed by atoms with E-state index in [1.165, 1.54) is 0 Å². The third kappa shape index (κ3) is 9.37. The smallest absolute Gasteiger partial charge is 0.197 e. The zero-order valence-electron chi connectivity index (χ0n) is 33.9. The Hall–Kier alpha value is 0.368. The van der Waals surface area contributed by atoms with Crippen molar-refractivity contribution < 1.29 is 27.2 Å². The second-order valence-corrected chi connectivity index (χ2v) is 39.4. The lowest BCUT2D eigenvalue weighted by Gasteiger charge is -2.59. The summed E-state index contributed by atoms with van der Waals surface area (Å²) in [6.45, 7) is 50.8. The average molecular weight is 717 g/mol. The van der Waals surface area contributed by atoms with Gasteiger partial charge in [-0.2, -0.15) is 0 Å². The molecule has 0 saturated carbocycles. The summed E-state index contributed by atoms with van der Waals surface area (Å²) < 4.78 is 44.1. The van der Waals surface area contributed by atoms with E-state index in [9.17, 15) is 0 Å². The summed E-state index contributed by atoms with van der Waals surface area (Å²) in [5.41, 5.74) is 0. The molecule has 0 aromatic carbocycles. The Labute approximate surface area is 290 Å². The van der Waals surface area contributed by atoms with E-state index in [2.05, 4.69) is 142 Å². The van der Waals surface area contributed by atoms with Crippen molar-refractivity contribution in [1.29, 1.82) is 0 Å². The topological polar surface area (TPSA) is 55.4 Å². The fourth-order valence-corrected chi connectivity index (χ4v) is 9.93. The monoisotopic (exact) mass is 716 g/mol. The molecule has 0 radical (unpaired) electrons. The molecule has 0 aromatic heterocycles. The quantitative estimate of drug-likeness (QED) is 0.166. The summed E-state index contributed by atoms with van der Waals surface area (Å²) in [4.78, 5) is 0. The summed E-state index contributed by atoms with van der Waals surface area (Å²) >= 11 is 0. The van der Waals surface area contributed by atoms with Crippen molar-refractivity contribution in [3.63, 3.8) is 0 Å². The zero-order chi connectivity index (χ0) is 36.2. The minimum atomic E-state index is -2.34. The molecule has 0 amide bonds. The Morgan fingerprint density at radius 2 is 1.04 bits per heavy atom. The van der Waals surface area contributed by atoms with Crippen LogP contribution in [0.1, 0.15) is 102 Å². The van der Waals surface area contributed by atoms with Gasteiger partial charge in [-0.15, -0.1) is 6.58 Å². The van der Waals surface area contributed by atoms with Crippen LogP contribution < -0.4 is 0 Å². The van der Waals surface area contributed by atoms with Crippen molar-refractivity contribution in [2.24, 2.45) is 0 Å². The molecular weight excluding hydrogens is 641 g/mol. The van der Waals surface area contributed by atoms with Gasteiger partial charge in [0.25, 0.3) is 0 Å². The van der Waals surface area contributed by atoms with Gasteiger partial charge in [0, 0.05) is 6.42 Å². The number of hydrogen-bond acceptors (Lipinski definition) is 6. The summed E-state index contributed by atoms with van der Waals surface area (Å²) in [5.74, 6) is -0.992. The molecule has 272 valence electrons. The first-order chi connectivity index (χ1) is 20.2. The fourth-order valence-electron chi connectivity index (χ4n) is 5.00. The van der Waals surface area contributed by atoms with Gasteiger partial charge in [-0.25, -0.2) is 0 Å². The van der Waals surface area contributed by atoms with Crippen LogP contribution >= 0.6 is 0 Å². The Kier molecular flexibility index (Phi) is 12.8. The number of ether oxygens (including phenoxy) is 2. The molecule has 2 heterocycles. The molecule has 46 heavy (non-hydrogen) atoms. The predicted octanol–water partition coefficient (Wildman–Crippen LogP) is 11.0. The van der Waals surface area contributed by atoms with Gasteiger partial charge in [0.05, 0.1) is 12.7 Å². The van der Waals surface area contributed by atoms with Crippen LogP contribution in [0.4, 0.5) is 0 Å². The van der Waals surface area contributed by atoms with E-state index in [-0.39, 0.29) is 44.6 Å². The van der Waals surface area contributed by atoms with Crippen LogP contribution in [0.15, 0.2) is 12.7 Å².